The van der Waals surface area contributed by atoms with Gasteiger partial charge in [-0.15, -0.1) is 0 Å². The van der Waals surface area contributed by atoms with Gasteiger partial charge in [-0.05, 0) is 37.0 Å². The molecule has 3 heteroatoms. The van der Waals surface area contributed by atoms with Gasteiger partial charge in [-0.3, -0.25) is 0 Å². The summed E-state index contributed by atoms with van der Waals surface area (Å²) in [5.74, 6) is -0.113. The first-order valence-electron chi connectivity index (χ1n) is 6.98. The largest absolute Gasteiger partial charge is 0.478 e. The van der Waals surface area contributed by atoms with E-state index in [2.05, 4.69) is 16.7 Å². The monoisotopic (exact) mass is 265 g/mol. The number of carboxylic acids is 1. The van der Waals surface area contributed by atoms with Crippen LogP contribution in [0.15, 0.2) is 42.5 Å². The molecule has 0 bridgehead atoms. The highest BCUT2D eigenvalue weighted by atomic mass is 16.4. The molecule has 4 rings (SSSR count). The molecular weight excluding hydrogens is 250 g/mol. The number of fused-ring (bicyclic) bond motifs is 3. The van der Waals surface area contributed by atoms with Crippen LogP contribution in [0, 0.1) is 5.92 Å². The van der Waals surface area contributed by atoms with Crippen LogP contribution in [0.3, 0.4) is 0 Å². The minimum atomic E-state index is -0.866. The predicted molar refractivity (Wildman–Crippen MR) is 79.1 cm³/mol. The van der Waals surface area contributed by atoms with E-state index < -0.39 is 5.97 Å². The van der Waals surface area contributed by atoms with Gasteiger partial charge in [0.05, 0.1) is 5.56 Å². The fraction of sp³-hybridized carbons (Fsp3) is 0.235. The Hall–Kier alpha value is -2.29. The molecule has 1 saturated carbocycles. The van der Waals surface area contributed by atoms with Crippen molar-refractivity contribution in [2.45, 2.75) is 19.4 Å². The quantitative estimate of drug-likeness (QED) is 0.780. The number of aromatic carboxylic acids is 1. The Balaban J connectivity index is 2.05. The van der Waals surface area contributed by atoms with E-state index in [0.717, 1.165) is 23.4 Å². The molecule has 0 radical (unpaired) electrons. The average Bonchev–Trinajstić information content (AvgIpc) is 3.23. The maximum absolute atomic E-state index is 11.2. The lowest BCUT2D eigenvalue weighted by Crippen LogP contribution is -2.01. The highest BCUT2D eigenvalue weighted by Crippen LogP contribution is 2.36. The van der Waals surface area contributed by atoms with Gasteiger partial charge < -0.3 is 9.67 Å². The summed E-state index contributed by atoms with van der Waals surface area (Å²) >= 11 is 0. The van der Waals surface area contributed by atoms with E-state index in [1.807, 2.05) is 18.2 Å². The molecule has 1 aliphatic rings. The number of para-hydroxylation sites is 1. The third-order valence-electron chi connectivity index (χ3n) is 4.16. The molecule has 0 aliphatic heterocycles. The van der Waals surface area contributed by atoms with Crippen LogP contribution in [-0.4, -0.2) is 15.6 Å². The molecule has 1 aliphatic carbocycles. The second kappa shape index (κ2) is 4.10. The number of rotatable bonds is 3. The Morgan fingerprint density at radius 3 is 2.60 bits per heavy atom. The molecule has 0 spiro atoms. The van der Waals surface area contributed by atoms with Gasteiger partial charge in [0.25, 0.3) is 0 Å². The Morgan fingerprint density at radius 2 is 1.85 bits per heavy atom. The molecule has 1 fully saturated rings. The van der Waals surface area contributed by atoms with Gasteiger partial charge in [-0.25, -0.2) is 4.79 Å². The summed E-state index contributed by atoms with van der Waals surface area (Å²) in [5.41, 5.74) is 2.60. The van der Waals surface area contributed by atoms with Crippen LogP contribution in [0.25, 0.3) is 21.8 Å². The van der Waals surface area contributed by atoms with E-state index in [0.29, 0.717) is 5.56 Å². The third kappa shape index (κ3) is 1.70. The smallest absolute Gasteiger partial charge is 0.335 e. The first-order chi connectivity index (χ1) is 9.74. The van der Waals surface area contributed by atoms with Crippen LogP contribution in [-0.2, 0) is 6.54 Å². The maximum atomic E-state index is 11.2. The summed E-state index contributed by atoms with van der Waals surface area (Å²) in [5, 5.41) is 11.5. The number of nitrogens with zero attached hydrogens (tertiary/aromatic N) is 1. The molecule has 0 atom stereocenters. The zero-order valence-corrected chi connectivity index (χ0v) is 11.0. The SMILES string of the molecule is O=C(O)c1ccc2c3ccccc3n(CC3CC3)c2c1. The second-order valence-corrected chi connectivity index (χ2v) is 5.61. The van der Waals surface area contributed by atoms with Crippen LogP contribution >= 0.6 is 0 Å². The van der Waals surface area contributed by atoms with Crippen LogP contribution in [0.1, 0.15) is 23.2 Å². The molecule has 1 heterocycles. The van der Waals surface area contributed by atoms with Gasteiger partial charge in [-0.2, -0.15) is 0 Å². The minimum Gasteiger partial charge on any atom is -0.478 e. The molecule has 0 amide bonds. The van der Waals surface area contributed by atoms with E-state index >= 15 is 0 Å². The van der Waals surface area contributed by atoms with Crippen molar-refractivity contribution in [3.05, 3.63) is 48.0 Å². The average molecular weight is 265 g/mol. The number of hydrogen-bond acceptors (Lipinski definition) is 1. The molecular formula is C17H15NO2. The Kier molecular flexibility index (Phi) is 2.36. The summed E-state index contributed by atoms with van der Waals surface area (Å²) in [4.78, 5) is 11.2. The molecule has 0 saturated heterocycles. The van der Waals surface area contributed by atoms with Gasteiger partial charge in [0, 0.05) is 28.4 Å². The van der Waals surface area contributed by atoms with Crippen molar-refractivity contribution in [3.8, 4) is 0 Å². The topological polar surface area (TPSA) is 42.2 Å². The first-order valence-corrected chi connectivity index (χ1v) is 6.98. The van der Waals surface area contributed by atoms with Crippen molar-refractivity contribution in [2.75, 3.05) is 0 Å². The number of carbonyl (C=O) groups is 1. The predicted octanol–water partition coefficient (Wildman–Crippen LogP) is 3.90. The van der Waals surface area contributed by atoms with Gasteiger partial charge in [-0.1, -0.05) is 24.3 Å². The van der Waals surface area contributed by atoms with Gasteiger partial charge in [0.15, 0.2) is 0 Å². The summed E-state index contributed by atoms with van der Waals surface area (Å²) < 4.78 is 2.29. The van der Waals surface area contributed by atoms with E-state index in [-0.39, 0.29) is 0 Å². The lowest BCUT2D eigenvalue weighted by atomic mass is 10.1. The van der Waals surface area contributed by atoms with Crippen LogP contribution in [0.4, 0.5) is 0 Å². The minimum absolute atomic E-state index is 0.359. The van der Waals surface area contributed by atoms with Gasteiger partial charge in [0.2, 0.25) is 0 Å². The summed E-state index contributed by atoms with van der Waals surface area (Å²) in [6, 6.07) is 13.7. The Bertz CT molecular complexity index is 827. The molecule has 1 N–H and O–H groups in total. The van der Waals surface area contributed by atoms with Crippen LogP contribution in [0.2, 0.25) is 0 Å². The molecule has 3 nitrogen and oxygen atoms in total. The van der Waals surface area contributed by atoms with Crippen LogP contribution < -0.4 is 0 Å². The molecule has 20 heavy (non-hydrogen) atoms. The Morgan fingerprint density at radius 1 is 1.10 bits per heavy atom. The zero-order chi connectivity index (χ0) is 13.7. The van der Waals surface area contributed by atoms with E-state index in [9.17, 15) is 9.90 Å². The lowest BCUT2D eigenvalue weighted by molar-refractivity contribution is 0.0697. The van der Waals surface area contributed by atoms with E-state index in [1.165, 1.54) is 23.7 Å². The maximum Gasteiger partial charge on any atom is 0.335 e. The highest BCUT2D eigenvalue weighted by Gasteiger charge is 2.24. The highest BCUT2D eigenvalue weighted by molar-refractivity contribution is 6.09. The summed E-state index contributed by atoms with van der Waals surface area (Å²) in [6.45, 7) is 0.993. The molecule has 3 aromatic rings. The normalized spacial score (nSPS) is 15.0. The fourth-order valence-electron chi connectivity index (χ4n) is 2.94. The Labute approximate surface area is 116 Å². The summed E-state index contributed by atoms with van der Waals surface area (Å²) in [7, 11) is 0. The van der Waals surface area contributed by atoms with Crippen molar-refractivity contribution in [1.29, 1.82) is 0 Å². The van der Waals surface area contributed by atoms with E-state index in [1.54, 1.807) is 12.1 Å². The fourth-order valence-corrected chi connectivity index (χ4v) is 2.94. The number of carboxylic acid groups (broad SMARTS) is 1. The van der Waals surface area contributed by atoms with Crippen molar-refractivity contribution < 1.29 is 9.90 Å². The third-order valence-corrected chi connectivity index (χ3v) is 4.16. The van der Waals surface area contributed by atoms with Crippen molar-refractivity contribution in [2.24, 2.45) is 5.92 Å². The first kappa shape index (κ1) is 11.5. The molecule has 100 valence electrons. The number of benzene rings is 2. The van der Waals surface area contributed by atoms with Crippen molar-refractivity contribution in [1.82, 2.24) is 4.57 Å². The van der Waals surface area contributed by atoms with Crippen molar-refractivity contribution >= 4 is 27.8 Å². The second-order valence-electron chi connectivity index (χ2n) is 5.61. The molecule has 2 aromatic carbocycles. The zero-order valence-electron chi connectivity index (χ0n) is 11.0. The summed E-state index contributed by atoms with van der Waals surface area (Å²) in [6.07, 6.45) is 2.57. The lowest BCUT2D eigenvalue weighted by Gasteiger charge is -2.06. The number of aromatic nitrogens is 1. The van der Waals surface area contributed by atoms with Crippen LogP contribution in [0.5, 0.6) is 0 Å². The number of hydrogen-bond donors (Lipinski definition) is 1. The molecule has 1 aromatic heterocycles. The molecule has 0 unspecified atom stereocenters. The standard InChI is InChI=1S/C17H15NO2/c19-17(20)12-7-8-14-13-3-1-2-4-15(13)18(16(14)9-12)10-11-5-6-11/h1-4,7-9,11H,5-6,10H2,(H,19,20). The van der Waals surface area contributed by atoms with E-state index in [4.69, 9.17) is 0 Å². The van der Waals surface area contributed by atoms with Gasteiger partial charge in [0.1, 0.15) is 0 Å². The van der Waals surface area contributed by atoms with Gasteiger partial charge >= 0.3 is 5.97 Å². The van der Waals surface area contributed by atoms with Crippen molar-refractivity contribution in [3.63, 3.8) is 0 Å².